The number of nitrogens with one attached hydrogen (secondary N) is 1. The molecule has 2 aromatic carbocycles. The van der Waals surface area contributed by atoms with Crippen LogP contribution in [0.1, 0.15) is 40.9 Å². The van der Waals surface area contributed by atoms with Gasteiger partial charge in [0.2, 0.25) is 10.0 Å². The van der Waals surface area contributed by atoms with Crippen molar-refractivity contribution in [1.29, 1.82) is 0 Å². The molecule has 3 aromatic rings. The first-order valence-corrected chi connectivity index (χ1v) is 11.8. The van der Waals surface area contributed by atoms with E-state index in [0.717, 1.165) is 30.5 Å². The smallest absolute Gasteiger partial charge is 0.259 e. The molecule has 2 heterocycles. The van der Waals surface area contributed by atoms with E-state index in [4.69, 9.17) is 0 Å². The molecule has 1 amide bonds. The first-order chi connectivity index (χ1) is 14.9. The molecule has 8 heteroatoms. The van der Waals surface area contributed by atoms with Crippen LogP contribution < -0.4 is 5.32 Å². The van der Waals surface area contributed by atoms with Gasteiger partial charge in [0.15, 0.2) is 0 Å². The number of carbonyl (C=O) groups excluding carboxylic acids is 1. The summed E-state index contributed by atoms with van der Waals surface area (Å²) in [5, 5.41) is 7.18. The summed E-state index contributed by atoms with van der Waals surface area (Å²) in [5.41, 5.74) is 3.29. The van der Waals surface area contributed by atoms with Crippen molar-refractivity contribution in [2.24, 2.45) is 0 Å². The van der Waals surface area contributed by atoms with Crippen LogP contribution in [0.15, 0.2) is 59.6 Å². The summed E-state index contributed by atoms with van der Waals surface area (Å²) < 4.78 is 29.6. The Balaban J connectivity index is 1.63. The van der Waals surface area contributed by atoms with Crippen LogP contribution in [0.5, 0.6) is 0 Å². The molecule has 0 bridgehead atoms. The van der Waals surface area contributed by atoms with Gasteiger partial charge in [0, 0.05) is 13.1 Å². The van der Waals surface area contributed by atoms with E-state index in [1.165, 1.54) is 10.5 Å². The molecule has 0 saturated carbocycles. The van der Waals surface area contributed by atoms with E-state index in [1.54, 1.807) is 28.9 Å². The molecule has 162 valence electrons. The van der Waals surface area contributed by atoms with Crippen LogP contribution in [-0.4, -0.2) is 41.5 Å². The van der Waals surface area contributed by atoms with Crippen molar-refractivity contribution in [3.8, 4) is 5.69 Å². The Morgan fingerprint density at radius 2 is 1.65 bits per heavy atom. The molecule has 0 unspecified atom stereocenters. The minimum absolute atomic E-state index is 0.120. The maximum Gasteiger partial charge on any atom is 0.259 e. The highest BCUT2D eigenvalue weighted by molar-refractivity contribution is 7.89. The third kappa shape index (κ3) is 4.13. The van der Waals surface area contributed by atoms with E-state index in [9.17, 15) is 13.2 Å². The topological polar surface area (TPSA) is 84.3 Å². The number of para-hydroxylation sites is 2. The predicted octanol–water partition coefficient (Wildman–Crippen LogP) is 3.92. The van der Waals surface area contributed by atoms with Gasteiger partial charge in [-0.3, -0.25) is 4.79 Å². The number of nitrogens with zero attached hydrogens (tertiary/aromatic N) is 3. The Labute approximate surface area is 182 Å². The maximum absolute atomic E-state index is 13.2. The number of anilines is 1. The summed E-state index contributed by atoms with van der Waals surface area (Å²) >= 11 is 0. The lowest BCUT2D eigenvalue weighted by atomic mass is 10.2. The second-order valence-corrected chi connectivity index (χ2v) is 9.66. The molecular formula is C23H26N4O3S. The Morgan fingerprint density at radius 1 is 0.968 bits per heavy atom. The molecular weight excluding hydrogens is 412 g/mol. The SMILES string of the molecule is Cc1ccccc1-n1ncc(C(=O)Nc2ccccc2S(=O)(=O)N2CCCCC2)c1C. The van der Waals surface area contributed by atoms with Crippen LogP contribution in [0.3, 0.4) is 0 Å². The van der Waals surface area contributed by atoms with Gasteiger partial charge in [-0.25, -0.2) is 13.1 Å². The number of carbonyl (C=O) groups is 1. The lowest BCUT2D eigenvalue weighted by Crippen LogP contribution is -2.36. The number of sulfonamides is 1. The lowest BCUT2D eigenvalue weighted by Gasteiger charge is -2.26. The lowest BCUT2D eigenvalue weighted by molar-refractivity contribution is 0.102. The Hall–Kier alpha value is -2.97. The van der Waals surface area contributed by atoms with Crippen LogP contribution in [0.2, 0.25) is 0 Å². The number of aryl methyl sites for hydroxylation is 1. The van der Waals surface area contributed by atoms with Crippen molar-refractivity contribution in [1.82, 2.24) is 14.1 Å². The van der Waals surface area contributed by atoms with Crippen LogP contribution in [-0.2, 0) is 10.0 Å². The first kappa shape index (κ1) is 21.3. The highest BCUT2D eigenvalue weighted by Crippen LogP contribution is 2.27. The molecule has 0 spiro atoms. The largest absolute Gasteiger partial charge is 0.321 e. The van der Waals surface area contributed by atoms with Gasteiger partial charge in [0.25, 0.3) is 5.91 Å². The minimum atomic E-state index is -3.68. The Kier molecular flexibility index (Phi) is 5.93. The van der Waals surface area contributed by atoms with Crippen LogP contribution in [0, 0.1) is 13.8 Å². The Bertz CT molecular complexity index is 1210. The minimum Gasteiger partial charge on any atom is -0.321 e. The fourth-order valence-electron chi connectivity index (χ4n) is 3.91. The second kappa shape index (κ2) is 8.64. The fraction of sp³-hybridized carbons (Fsp3) is 0.304. The number of hydrogen-bond acceptors (Lipinski definition) is 4. The number of benzene rings is 2. The van der Waals surface area contributed by atoms with E-state index in [-0.39, 0.29) is 10.6 Å². The van der Waals surface area contributed by atoms with Gasteiger partial charge >= 0.3 is 0 Å². The number of hydrogen-bond donors (Lipinski definition) is 1. The van der Waals surface area contributed by atoms with Crippen molar-refractivity contribution in [3.05, 3.63) is 71.5 Å². The highest BCUT2D eigenvalue weighted by atomic mass is 32.2. The van der Waals surface area contributed by atoms with Gasteiger partial charge in [-0.1, -0.05) is 36.8 Å². The van der Waals surface area contributed by atoms with Gasteiger partial charge < -0.3 is 5.32 Å². The van der Waals surface area contributed by atoms with Crippen molar-refractivity contribution in [3.63, 3.8) is 0 Å². The summed E-state index contributed by atoms with van der Waals surface area (Å²) in [6.07, 6.45) is 4.25. The summed E-state index contributed by atoms with van der Waals surface area (Å²) in [5.74, 6) is -0.390. The number of piperidine rings is 1. The highest BCUT2D eigenvalue weighted by Gasteiger charge is 2.29. The Morgan fingerprint density at radius 3 is 2.39 bits per heavy atom. The van der Waals surface area contributed by atoms with Gasteiger partial charge in [0.05, 0.1) is 28.8 Å². The zero-order valence-corrected chi connectivity index (χ0v) is 18.5. The monoisotopic (exact) mass is 438 g/mol. The molecule has 1 N–H and O–H groups in total. The standard InChI is InChI=1S/C23H26N4O3S/c1-17-10-4-6-12-21(17)27-18(2)19(16-24-27)23(28)25-20-11-5-7-13-22(20)31(29,30)26-14-8-3-9-15-26/h4-7,10-13,16H,3,8-9,14-15H2,1-2H3,(H,25,28). The van der Waals surface area contributed by atoms with Gasteiger partial charge in [0.1, 0.15) is 4.90 Å². The molecule has 1 fully saturated rings. The molecule has 1 aliphatic heterocycles. The first-order valence-electron chi connectivity index (χ1n) is 10.4. The maximum atomic E-state index is 13.2. The second-order valence-electron chi connectivity index (χ2n) is 7.76. The molecule has 1 aliphatic rings. The average Bonchev–Trinajstić information content (AvgIpc) is 3.16. The van der Waals surface area contributed by atoms with Crippen molar-refractivity contribution in [2.75, 3.05) is 18.4 Å². The quantitative estimate of drug-likeness (QED) is 0.654. The zero-order valence-electron chi connectivity index (χ0n) is 17.7. The molecule has 0 radical (unpaired) electrons. The van der Waals surface area contributed by atoms with Gasteiger partial charge in [-0.05, 0) is 50.5 Å². The summed E-state index contributed by atoms with van der Waals surface area (Å²) in [6, 6.07) is 14.4. The third-order valence-corrected chi connectivity index (χ3v) is 7.62. The van der Waals surface area contributed by atoms with Crippen molar-refractivity contribution in [2.45, 2.75) is 38.0 Å². The summed E-state index contributed by atoms with van der Waals surface area (Å²) in [7, 11) is -3.68. The average molecular weight is 439 g/mol. The van der Waals surface area contributed by atoms with Crippen LogP contribution >= 0.6 is 0 Å². The van der Waals surface area contributed by atoms with E-state index < -0.39 is 15.9 Å². The molecule has 1 aromatic heterocycles. The van der Waals surface area contributed by atoms with Gasteiger partial charge in [-0.15, -0.1) is 0 Å². The van der Waals surface area contributed by atoms with E-state index in [0.29, 0.717) is 24.3 Å². The third-order valence-electron chi connectivity index (χ3n) is 5.67. The van der Waals surface area contributed by atoms with E-state index >= 15 is 0 Å². The summed E-state index contributed by atoms with van der Waals surface area (Å²) in [4.78, 5) is 13.2. The number of aromatic nitrogens is 2. The van der Waals surface area contributed by atoms with Gasteiger partial charge in [-0.2, -0.15) is 9.40 Å². The molecule has 7 nitrogen and oxygen atoms in total. The molecule has 4 rings (SSSR count). The van der Waals surface area contributed by atoms with Crippen molar-refractivity contribution >= 4 is 21.6 Å². The number of rotatable bonds is 5. The molecule has 1 saturated heterocycles. The predicted molar refractivity (Wildman–Crippen MR) is 120 cm³/mol. The molecule has 31 heavy (non-hydrogen) atoms. The van der Waals surface area contributed by atoms with E-state index in [1.807, 2.05) is 38.1 Å². The van der Waals surface area contributed by atoms with Crippen LogP contribution in [0.4, 0.5) is 5.69 Å². The number of amides is 1. The fourth-order valence-corrected chi connectivity index (χ4v) is 5.57. The molecule has 0 aliphatic carbocycles. The van der Waals surface area contributed by atoms with E-state index in [2.05, 4.69) is 10.4 Å². The normalized spacial score (nSPS) is 15.0. The molecule has 0 atom stereocenters. The summed E-state index contributed by atoms with van der Waals surface area (Å²) in [6.45, 7) is 4.82. The van der Waals surface area contributed by atoms with Crippen LogP contribution in [0.25, 0.3) is 5.69 Å². The van der Waals surface area contributed by atoms with Crippen molar-refractivity contribution < 1.29 is 13.2 Å². The zero-order chi connectivity index (χ0) is 22.0.